The third-order valence-corrected chi connectivity index (χ3v) is 5.79. The van der Waals surface area contributed by atoms with Crippen LogP contribution in [0.25, 0.3) is 11.3 Å². The van der Waals surface area contributed by atoms with E-state index < -0.39 is 21.8 Å². The van der Waals surface area contributed by atoms with E-state index in [0.717, 1.165) is 35.2 Å². The van der Waals surface area contributed by atoms with Crippen LogP contribution in [0.4, 0.5) is 5.13 Å². The Balaban J connectivity index is 0.00000364. The second-order valence-corrected chi connectivity index (χ2v) is 9.85. The van der Waals surface area contributed by atoms with Gasteiger partial charge in [0.25, 0.3) is 0 Å². The molecule has 1 heterocycles. The van der Waals surface area contributed by atoms with Crippen molar-refractivity contribution < 1.29 is 13.2 Å². The van der Waals surface area contributed by atoms with Crippen molar-refractivity contribution in [3.05, 3.63) is 34.7 Å². The molecule has 0 aliphatic rings. The number of benzene rings is 1. The minimum absolute atomic E-state index is 0. The normalized spacial score (nSPS) is 12.3. The molecule has 2 rings (SSSR count). The number of aromatic nitrogens is 1. The summed E-state index contributed by atoms with van der Waals surface area (Å²) in [5, 5.41) is 3.16. The Morgan fingerprint density at radius 1 is 1.30 bits per heavy atom. The lowest BCUT2D eigenvalue weighted by Gasteiger charge is -2.09. The van der Waals surface area contributed by atoms with Gasteiger partial charge in [0.05, 0.1) is 17.5 Å². The minimum Gasteiger partial charge on any atom is -0.320 e. The highest BCUT2D eigenvalue weighted by Crippen LogP contribution is 2.30. The molecule has 1 aromatic carbocycles. The van der Waals surface area contributed by atoms with Crippen LogP contribution < -0.4 is 11.1 Å². The van der Waals surface area contributed by atoms with Crippen LogP contribution in [-0.2, 0) is 21.1 Å². The Labute approximate surface area is 170 Å². The van der Waals surface area contributed by atoms with Gasteiger partial charge < -0.3 is 11.1 Å². The summed E-state index contributed by atoms with van der Waals surface area (Å²) >= 11 is 1.38. The van der Waals surface area contributed by atoms with Crippen LogP contribution in [0.2, 0.25) is 0 Å². The molecule has 0 spiro atoms. The first-order chi connectivity index (χ1) is 12.2. The van der Waals surface area contributed by atoms with Crippen molar-refractivity contribution in [2.75, 3.05) is 17.3 Å². The molecule has 0 fully saturated rings. The first-order valence-corrected chi connectivity index (χ1v) is 11.4. The lowest BCUT2D eigenvalue weighted by atomic mass is 10.1. The Hall–Kier alpha value is -1.48. The largest absolute Gasteiger partial charge is 0.320 e. The predicted octanol–water partition coefficient (Wildman–Crippen LogP) is 3.19. The molecule has 1 aromatic heterocycles. The summed E-state index contributed by atoms with van der Waals surface area (Å²) in [6.07, 6.45) is 3.36. The fourth-order valence-corrected chi connectivity index (χ4v) is 4.03. The van der Waals surface area contributed by atoms with Crippen molar-refractivity contribution in [1.29, 1.82) is 0 Å². The summed E-state index contributed by atoms with van der Waals surface area (Å²) in [6.45, 7) is 4.10. The zero-order valence-corrected chi connectivity index (χ0v) is 18.1. The highest BCUT2D eigenvalue weighted by atomic mass is 35.5. The SMILES string of the molecule is CCCc1ccc(-c2nc(NC(=O)C(N)CCS(C)(=O)=O)sc2C)cc1.Cl. The number of sulfone groups is 1. The van der Waals surface area contributed by atoms with E-state index in [1.807, 2.05) is 19.1 Å². The zero-order valence-electron chi connectivity index (χ0n) is 15.7. The first kappa shape index (κ1) is 23.6. The fourth-order valence-electron chi connectivity index (χ4n) is 2.51. The number of aryl methyl sites for hydroxylation is 2. The summed E-state index contributed by atoms with van der Waals surface area (Å²) in [5.74, 6) is -0.541. The molecule has 0 bridgehead atoms. The predicted molar refractivity (Wildman–Crippen MR) is 114 cm³/mol. The summed E-state index contributed by atoms with van der Waals surface area (Å²) in [6, 6.07) is 7.38. The molecule has 3 N–H and O–H groups in total. The van der Waals surface area contributed by atoms with Gasteiger partial charge in [-0.25, -0.2) is 13.4 Å². The summed E-state index contributed by atoms with van der Waals surface area (Å²) in [5.41, 5.74) is 8.89. The number of nitrogens with zero attached hydrogens (tertiary/aromatic N) is 1. The van der Waals surface area contributed by atoms with E-state index in [4.69, 9.17) is 5.73 Å². The van der Waals surface area contributed by atoms with E-state index in [2.05, 4.69) is 29.4 Å². The van der Waals surface area contributed by atoms with Crippen LogP contribution in [0.1, 0.15) is 30.2 Å². The zero-order chi connectivity index (χ0) is 19.3. The molecular weight excluding hydrogens is 406 g/mol. The highest BCUT2D eigenvalue weighted by Gasteiger charge is 2.18. The Morgan fingerprint density at radius 2 is 1.93 bits per heavy atom. The maximum absolute atomic E-state index is 12.1. The number of anilines is 1. The third-order valence-electron chi connectivity index (χ3n) is 3.93. The van der Waals surface area contributed by atoms with Gasteiger partial charge in [-0.05, 0) is 25.3 Å². The number of hydrogen-bond acceptors (Lipinski definition) is 6. The Bertz CT molecular complexity index is 864. The topological polar surface area (TPSA) is 102 Å². The van der Waals surface area contributed by atoms with Gasteiger partial charge in [0, 0.05) is 16.7 Å². The molecule has 27 heavy (non-hydrogen) atoms. The molecule has 0 aliphatic heterocycles. The molecule has 150 valence electrons. The van der Waals surface area contributed by atoms with Crippen molar-refractivity contribution in [3.63, 3.8) is 0 Å². The fraction of sp³-hybridized carbons (Fsp3) is 0.444. The van der Waals surface area contributed by atoms with Crippen molar-refractivity contribution in [2.45, 2.75) is 39.2 Å². The first-order valence-electron chi connectivity index (χ1n) is 8.50. The van der Waals surface area contributed by atoms with Gasteiger partial charge in [-0.15, -0.1) is 23.7 Å². The number of rotatable bonds is 8. The van der Waals surface area contributed by atoms with Crippen molar-refractivity contribution in [2.24, 2.45) is 5.73 Å². The maximum atomic E-state index is 12.1. The number of carbonyl (C=O) groups excluding carboxylic acids is 1. The van der Waals surface area contributed by atoms with Gasteiger partial charge in [-0.3, -0.25) is 4.79 Å². The van der Waals surface area contributed by atoms with Crippen LogP contribution >= 0.6 is 23.7 Å². The smallest absolute Gasteiger partial charge is 0.243 e. The molecule has 1 unspecified atom stereocenters. The molecule has 1 atom stereocenters. The number of carbonyl (C=O) groups is 1. The van der Waals surface area contributed by atoms with Crippen LogP contribution in [0, 0.1) is 6.92 Å². The highest BCUT2D eigenvalue weighted by molar-refractivity contribution is 7.90. The number of thiazole rings is 1. The van der Waals surface area contributed by atoms with Gasteiger partial charge in [0.2, 0.25) is 5.91 Å². The number of halogens is 1. The summed E-state index contributed by atoms with van der Waals surface area (Å²) < 4.78 is 22.4. The van der Waals surface area contributed by atoms with Gasteiger partial charge in [0.1, 0.15) is 9.84 Å². The van der Waals surface area contributed by atoms with Crippen molar-refractivity contribution in [3.8, 4) is 11.3 Å². The molecule has 9 heteroatoms. The molecule has 2 aromatic rings. The Kier molecular flexibility index (Phi) is 8.87. The average molecular weight is 432 g/mol. The quantitative estimate of drug-likeness (QED) is 0.668. The second-order valence-electron chi connectivity index (χ2n) is 6.39. The minimum atomic E-state index is -3.15. The van der Waals surface area contributed by atoms with E-state index in [-0.39, 0.29) is 24.6 Å². The average Bonchev–Trinajstić information content (AvgIpc) is 2.93. The monoisotopic (exact) mass is 431 g/mol. The molecule has 0 saturated heterocycles. The van der Waals surface area contributed by atoms with Gasteiger partial charge in [-0.2, -0.15) is 0 Å². The molecule has 0 saturated carbocycles. The van der Waals surface area contributed by atoms with Crippen molar-refractivity contribution >= 4 is 44.6 Å². The van der Waals surface area contributed by atoms with Crippen LogP contribution in [0.5, 0.6) is 0 Å². The number of amides is 1. The Morgan fingerprint density at radius 3 is 2.48 bits per heavy atom. The number of nitrogens with two attached hydrogens (primary N) is 1. The van der Waals surface area contributed by atoms with Crippen LogP contribution in [-0.4, -0.2) is 37.4 Å². The lowest BCUT2D eigenvalue weighted by molar-refractivity contribution is -0.117. The van der Waals surface area contributed by atoms with Crippen molar-refractivity contribution in [1.82, 2.24) is 4.98 Å². The lowest BCUT2D eigenvalue weighted by Crippen LogP contribution is -2.37. The van der Waals surface area contributed by atoms with Gasteiger partial charge >= 0.3 is 0 Å². The van der Waals surface area contributed by atoms with Crippen LogP contribution in [0.15, 0.2) is 24.3 Å². The van der Waals surface area contributed by atoms with Gasteiger partial charge in [0.15, 0.2) is 5.13 Å². The maximum Gasteiger partial charge on any atom is 0.243 e. The molecular formula is C18H26ClN3O3S2. The summed E-state index contributed by atoms with van der Waals surface area (Å²) in [4.78, 5) is 17.6. The van der Waals surface area contributed by atoms with Gasteiger partial charge in [-0.1, -0.05) is 37.6 Å². The van der Waals surface area contributed by atoms with E-state index in [1.54, 1.807) is 0 Å². The van der Waals surface area contributed by atoms with E-state index in [1.165, 1.54) is 16.9 Å². The van der Waals surface area contributed by atoms with E-state index in [0.29, 0.717) is 5.13 Å². The van der Waals surface area contributed by atoms with Crippen LogP contribution in [0.3, 0.4) is 0 Å². The third kappa shape index (κ3) is 7.21. The summed E-state index contributed by atoms with van der Waals surface area (Å²) in [7, 11) is -3.15. The standard InChI is InChI=1S/C18H25N3O3S2.ClH/c1-4-5-13-6-8-14(9-7-13)16-12(2)25-18(20-16)21-17(22)15(19)10-11-26(3,23)24;/h6-9,15H,4-5,10-11,19H2,1-3H3,(H,20,21,22);1H. The van der Waals surface area contributed by atoms with E-state index in [9.17, 15) is 13.2 Å². The number of hydrogen-bond donors (Lipinski definition) is 2. The molecule has 0 radical (unpaired) electrons. The molecule has 6 nitrogen and oxygen atoms in total. The van der Waals surface area contributed by atoms with E-state index >= 15 is 0 Å². The second kappa shape index (κ2) is 10.2. The molecule has 0 aliphatic carbocycles. The number of nitrogens with one attached hydrogen (secondary N) is 1. The molecule has 1 amide bonds.